The average Bonchev–Trinajstić information content (AvgIpc) is 2.75. The second-order valence-corrected chi connectivity index (χ2v) is 5.28. The minimum absolute atomic E-state index is 0.577. The van der Waals surface area contributed by atoms with Crippen LogP contribution in [0.2, 0.25) is 0 Å². The van der Waals surface area contributed by atoms with Gasteiger partial charge >= 0.3 is 0 Å². The lowest BCUT2D eigenvalue weighted by molar-refractivity contribution is 0.480. The lowest BCUT2D eigenvalue weighted by atomic mass is 9.98. The van der Waals surface area contributed by atoms with Crippen molar-refractivity contribution in [2.45, 2.75) is 25.3 Å². The van der Waals surface area contributed by atoms with Gasteiger partial charge in [-0.1, -0.05) is 12.2 Å². The van der Waals surface area contributed by atoms with Crippen LogP contribution in [-0.4, -0.2) is 24.1 Å². The Hall–Kier alpha value is -1.13. The number of thiazole rings is 1. The van der Waals surface area contributed by atoms with Crippen molar-refractivity contribution in [3.05, 3.63) is 35.9 Å². The van der Waals surface area contributed by atoms with Crippen molar-refractivity contribution in [3.8, 4) is 0 Å². The molecule has 2 rings (SSSR count). The van der Waals surface area contributed by atoms with Crippen LogP contribution in [0.15, 0.2) is 25.3 Å². The number of fused-ring (bicyclic) bond motifs is 1. The molecule has 92 valence electrons. The number of aryl methyl sites for hydroxylation is 1. The maximum absolute atomic E-state index is 4.61. The molecule has 0 aromatic carbocycles. The van der Waals surface area contributed by atoms with Crippen molar-refractivity contribution < 1.29 is 0 Å². The average molecular weight is 249 g/mol. The number of nitrogens with one attached hydrogen (secondary N) is 2. The summed E-state index contributed by atoms with van der Waals surface area (Å²) >= 11 is 1.78. The van der Waals surface area contributed by atoms with Gasteiger partial charge in [0.05, 0.1) is 5.69 Å². The fourth-order valence-corrected chi connectivity index (χ4v) is 3.13. The zero-order valence-electron chi connectivity index (χ0n) is 10.0. The Balaban J connectivity index is 1.97. The van der Waals surface area contributed by atoms with E-state index in [9.17, 15) is 0 Å². The zero-order chi connectivity index (χ0) is 12.1. The molecule has 0 bridgehead atoms. The SMILES string of the molecule is C=CCNc1nc2c(s1)CC(NCC=C)CC2. The summed E-state index contributed by atoms with van der Waals surface area (Å²) in [5.41, 5.74) is 1.28. The molecule has 3 nitrogen and oxygen atoms in total. The standard InChI is InChI=1S/C13H19N3S/c1-3-7-14-10-5-6-11-12(9-10)17-13(16-11)15-8-4-2/h3-4,10,14H,1-2,5-9H2,(H,15,16). The Morgan fingerprint density at radius 3 is 2.94 bits per heavy atom. The molecular weight excluding hydrogens is 230 g/mol. The maximum atomic E-state index is 4.61. The minimum Gasteiger partial charge on any atom is -0.358 e. The van der Waals surface area contributed by atoms with Crippen LogP contribution in [0.4, 0.5) is 5.13 Å². The van der Waals surface area contributed by atoms with Crippen LogP contribution in [0.3, 0.4) is 0 Å². The third-order valence-corrected chi connectivity index (χ3v) is 3.97. The molecule has 0 saturated carbocycles. The van der Waals surface area contributed by atoms with Gasteiger partial charge < -0.3 is 10.6 Å². The summed E-state index contributed by atoms with van der Waals surface area (Å²) in [5.74, 6) is 0. The van der Waals surface area contributed by atoms with Gasteiger partial charge in [0.15, 0.2) is 5.13 Å². The Morgan fingerprint density at radius 2 is 2.18 bits per heavy atom. The molecule has 4 heteroatoms. The molecule has 1 unspecified atom stereocenters. The van der Waals surface area contributed by atoms with Crippen molar-refractivity contribution in [2.75, 3.05) is 18.4 Å². The molecule has 0 fully saturated rings. The van der Waals surface area contributed by atoms with Gasteiger partial charge in [-0.05, 0) is 19.3 Å². The second-order valence-electron chi connectivity index (χ2n) is 4.20. The molecular formula is C13H19N3S. The van der Waals surface area contributed by atoms with E-state index in [2.05, 4.69) is 28.8 Å². The zero-order valence-corrected chi connectivity index (χ0v) is 10.9. The monoisotopic (exact) mass is 249 g/mol. The molecule has 0 amide bonds. The first kappa shape index (κ1) is 12.3. The van der Waals surface area contributed by atoms with Crippen molar-refractivity contribution >= 4 is 16.5 Å². The quantitative estimate of drug-likeness (QED) is 0.760. The van der Waals surface area contributed by atoms with E-state index in [1.165, 1.54) is 17.0 Å². The number of hydrogen-bond donors (Lipinski definition) is 2. The molecule has 17 heavy (non-hydrogen) atoms. The summed E-state index contributed by atoms with van der Waals surface area (Å²) in [6.45, 7) is 9.11. The van der Waals surface area contributed by atoms with Crippen molar-refractivity contribution in [1.29, 1.82) is 0 Å². The first-order valence-electron chi connectivity index (χ1n) is 6.01. The molecule has 0 aliphatic heterocycles. The largest absolute Gasteiger partial charge is 0.358 e. The third-order valence-electron chi connectivity index (χ3n) is 2.89. The van der Waals surface area contributed by atoms with Crippen LogP contribution in [-0.2, 0) is 12.8 Å². The highest BCUT2D eigenvalue weighted by Gasteiger charge is 2.21. The summed E-state index contributed by atoms with van der Waals surface area (Å²) in [5, 5.41) is 7.78. The summed E-state index contributed by atoms with van der Waals surface area (Å²) in [6.07, 6.45) is 7.12. The molecule has 2 N–H and O–H groups in total. The van der Waals surface area contributed by atoms with E-state index in [0.29, 0.717) is 6.04 Å². The van der Waals surface area contributed by atoms with Crippen LogP contribution in [0.5, 0.6) is 0 Å². The van der Waals surface area contributed by atoms with Crippen LogP contribution < -0.4 is 10.6 Å². The molecule has 0 radical (unpaired) electrons. The van der Waals surface area contributed by atoms with Crippen LogP contribution in [0, 0.1) is 0 Å². The van der Waals surface area contributed by atoms with Gasteiger partial charge in [0.1, 0.15) is 0 Å². The Bertz CT molecular complexity index is 397. The third kappa shape index (κ3) is 3.17. The van der Waals surface area contributed by atoms with Gasteiger partial charge in [-0.25, -0.2) is 4.98 Å². The van der Waals surface area contributed by atoms with Crippen molar-refractivity contribution in [2.24, 2.45) is 0 Å². The van der Waals surface area contributed by atoms with E-state index in [1.54, 1.807) is 11.3 Å². The lowest BCUT2D eigenvalue weighted by Crippen LogP contribution is -2.34. The molecule has 1 atom stereocenters. The lowest BCUT2D eigenvalue weighted by Gasteiger charge is -2.21. The highest BCUT2D eigenvalue weighted by molar-refractivity contribution is 7.15. The van der Waals surface area contributed by atoms with Crippen LogP contribution >= 0.6 is 11.3 Å². The first-order valence-corrected chi connectivity index (χ1v) is 6.82. The van der Waals surface area contributed by atoms with Crippen LogP contribution in [0.1, 0.15) is 17.0 Å². The Kier molecular flexibility index (Phi) is 4.34. The highest BCUT2D eigenvalue weighted by atomic mass is 32.1. The summed E-state index contributed by atoms with van der Waals surface area (Å²) in [4.78, 5) is 6.04. The normalized spacial score (nSPS) is 18.5. The molecule has 1 aromatic rings. The highest BCUT2D eigenvalue weighted by Crippen LogP contribution is 2.29. The first-order chi connectivity index (χ1) is 8.33. The maximum Gasteiger partial charge on any atom is 0.183 e. The fraction of sp³-hybridized carbons (Fsp3) is 0.462. The van der Waals surface area contributed by atoms with Crippen molar-refractivity contribution in [3.63, 3.8) is 0 Å². The molecule has 1 aliphatic carbocycles. The molecule has 1 heterocycles. The van der Waals surface area contributed by atoms with E-state index in [-0.39, 0.29) is 0 Å². The molecule has 0 saturated heterocycles. The molecule has 0 spiro atoms. The van der Waals surface area contributed by atoms with E-state index < -0.39 is 0 Å². The summed E-state index contributed by atoms with van der Waals surface area (Å²) in [7, 11) is 0. The number of anilines is 1. The molecule has 1 aliphatic rings. The van der Waals surface area contributed by atoms with Gasteiger partial charge in [-0.15, -0.1) is 24.5 Å². The number of rotatable bonds is 6. The van der Waals surface area contributed by atoms with Gasteiger partial charge in [0.25, 0.3) is 0 Å². The smallest absolute Gasteiger partial charge is 0.183 e. The predicted molar refractivity (Wildman–Crippen MR) is 74.8 cm³/mol. The fourth-order valence-electron chi connectivity index (χ4n) is 2.03. The van der Waals surface area contributed by atoms with Gasteiger partial charge in [0, 0.05) is 24.0 Å². The number of nitrogens with zero attached hydrogens (tertiary/aromatic N) is 1. The number of hydrogen-bond acceptors (Lipinski definition) is 4. The Labute approximate surface area is 107 Å². The van der Waals surface area contributed by atoms with Crippen LogP contribution in [0.25, 0.3) is 0 Å². The van der Waals surface area contributed by atoms with Gasteiger partial charge in [0.2, 0.25) is 0 Å². The Morgan fingerprint density at radius 1 is 1.35 bits per heavy atom. The molecule has 1 aromatic heterocycles. The predicted octanol–water partition coefficient (Wildman–Crippen LogP) is 2.37. The van der Waals surface area contributed by atoms with Crippen molar-refractivity contribution in [1.82, 2.24) is 10.3 Å². The van der Waals surface area contributed by atoms with Gasteiger partial charge in [-0.3, -0.25) is 0 Å². The topological polar surface area (TPSA) is 37.0 Å². The van der Waals surface area contributed by atoms with E-state index in [1.807, 2.05) is 12.2 Å². The van der Waals surface area contributed by atoms with E-state index in [0.717, 1.165) is 31.1 Å². The number of aromatic nitrogens is 1. The summed E-state index contributed by atoms with van der Waals surface area (Å²) in [6, 6.07) is 0.577. The second kappa shape index (κ2) is 5.98. The van der Waals surface area contributed by atoms with E-state index in [4.69, 9.17) is 0 Å². The van der Waals surface area contributed by atoms with Gasteiger partial charge in [-0.2, -0.15) is 0 Å². The minimum atomic E-state index is 0.577. The van der Waals surface area contributed by atoms with E-state index >= 15 is 0 Å². The summed E-state index contributed by atoms with van der Waals surface area (Å²) < 4.78 is 0.